The number of quaternary nitrogens is 1. The molecule has 0 saturated heterocycles. The fourth-order valence-electron chi connectivity index (χ4n) is 3.26. The summed E-state index contributed by atoms with van der Waals surface area (Å²) in [6.07, 6.45) is 10.9. The molecule has 0 saturated carbocycles. The highest BCUT2D eigenvalue weighted by atomic mass is 16.6. The Hall–Kier alpha value is -1.26. The van der Waals surface area contributed by atoms with Crippen LogP contribution in [0.25, 0.3) is 0 Å². The number of hydrogen-bond acceptors (Lipinski definition) is 3. The lowest BCUT2D eigenvalue weighted by atomic mass is 10.0. The minimum atomic E-state index is -0.509. The number of fused-ring (bicyclic) bond motifs is 1. The Labute approximate surface area is 140 Å². The van der Waals surface area contributed by atoms with Crippen LogP contribution < -0.4 is 10.7 Å². The lowest BCUT2D eigenvalue weighted by Crippen LogP contribution is -2.43. The lowest BCUT2D eigenvalue weighted by molar-refractivity contribution is -1.13. The molecule has 0 radical (unpaired) electrons. The number of rotatable bonds is 10. The summed E-state index contributed by atoms with van der Waals surface area (Å²) in [5, 5.41) is 21.4. The van der Waals surface area contributed by atoms with E-state index in [0.29, 0.717) is 0 Å². The minimum absolute atomic E-state index is 0.0540. The van der Waals surface area contributed by atoms with Crippen molar-refractivity contribution in [2.45, 2.75) is 84.6 Å². The summed E-state index contributed by atoms with van der Waals surface area (Å²) in [7, 11) is 0. The fraction of sp³-hybridized carbons (Fsp3) is 0.684. The highest BCUT2D eigenvalue weighted by molar-refractivity contribution is 5.12. The Morgan fingerprint density at radius 3 is 2.30 bits per heavy atom. The van der Waals surface area contributed by atoms with Crippen LogP contribution in [0.1, 0.15) is 77.2 Å². The van der Waals surface area contributed by atoms with Crippen LogP contribution in [-0.4, -0.2) is 16.1 Å². The van der Waals surface area contributed by atoms with E-state index < -0.39 is 4.86 Å². The summed E-state index contributed by atoms with van der Waals surface area (Å²) in [5.41, 5.74) is 1.15. The summed E-state index contributed by atoms with van der Waals surface area (Å²) in [4.78, 5) is -0.509. The summed E-state index contributed by atoms with van der Waals surface area (Å²) < 4.78 is 0. The predicted molar refractivity (Wildman–Crippen MR) is 92.2 cm³/mol. The molecule has 1 N–H and O–H groups in total. The Kier molecular flexibility index (Phi) is 6.72. The molecule has 1 aromatic carbocycles. The molecule has 0 spiro atoms. The van der Waals surface area contributed by atoms with Gasteiger partial charge in [0.05, 0.1) is 4.86 Å². The van der Waals surface area contributed by atoms with Crippen molar-refractivity contribution in [3.8, 4) is 0 Å². The van der Waals surface area contributed by atoms with E-state index >= 15 is 0 Å². The maximum Gasteiger partial charge on any atom is 0.174 e. The van der Waals surface area contributed by atoms with Crippen molar-refractivity contribution in [1.82, 2.24) is 0 Å². The van der Waals surface area contributed by atoms with Gasteiger partial charge in [0.25, 0.3) is 0 Å². The first-order valence-electron chi connectivity index (χ1n) is 9.27. The maximum atomic E-state index is 10.8. The number of benzene rings is 1. The average molecular weight is 318 g/mol. The van der Waals surface area contributed by atoms with Crippen molar-refractivity contribution in [1.29, 1.82) is 0 Å². The van der Waals surface area contributed by atoms with Gasteiger partial charge in [0, 0.05) is 12.8 Å². The molecule has 4 heteroatoms. The highest BCUT2D eigenvalue weighted by Crippen LogP contribution is 2.22. The van der Waals surface area contributed by atoms with Gasteiger partial charge in [-0.25, -0.2) is 0 Å². The van der Waals surface area contributed by atoms with Crippen molar-refractivity contribution < 1.29 is 10.1 Å². The summed E-state index contributed by atoms with van der Waals surface area (Å²) >= 11 is 0. The molecule has 0 fully saturated rings. The Morgan fingerprint density at radius 1 is 0.957 bits per heavy atom. The van der Waals surface area contributed by atoms with Gasteiger partial charge < -0.3 is 0 Å². The van der Waals surface area contributed by atoms with Crippen LogP contribution in [0.5, 0.6) is 0 Å². The molecule has 1 aromatic rings. The van der Waals surface area contributed by atoms with Gasteiger partial charge in [-0.1, -0.05) is 58.4 Å². The molecular weight excluding hydrogens is 286 g/mol. The molecule has 1 heterocycles. The van der Waals surface area contributed by atoms with Crippen LogP contribution in [0, 0.1) is 6.92 Å². The van der Waals surface area contributed by atoms with E-state index in [9.17, 15) is 5.21 Å². The molecular formula is C19H32N3O+. The van der Waals surface area contributed by atoms with E-state index in [0.717, 1.165) is 35.5 Å². The van der Waals surface area contributed by atoms with Gasteiger partial charge in [0.1, 0.15) is 0 Å². The predicted octanol–water partition coefficient (Wildman–Crippen LogP) is 4.20. The van der Waals surface area contributed by atoms with Crippen molar-refractivity contribution in [2.75, 3.05) is 0 Å². The van der Waals surface area contributed by atoms with Crippen LogP contribution in [0.4, 0.5) is 0 Å². The standard InChI is InChI=1S/C19H32N3O/c1-4-6-7-8-9-10-11-12-17(5-2)22(23)20-18-14-13-16(3)15-19(18)21-22/h13-15,17,23H,4-12H2,1-3H3/q+1. The molecule has 4 nitrogen and oxygen atoms in total. The molecule has 2 unspecified atom stereocenters. The molecule has 0 bridgehead atoms. The fourth-order valence-corrected chi connectivity index (χ4v) is 3.26. The topological polar surface area (TPSA) is 45.0 Å². The molecule has 2 atom stereocenters. The first-order valence-corrected chi connectivity index (χ1v) is 9.27. The molecule has 0 amide bonds. The molecule has 2 rings (SSSR count). The van der Waals surface area contributed by atoms with Crippen LogP contribution in [-0.2, 0) is 0 Å². The van der Waals surface area contributed by atoms with Crippen LogP contribution in [0.2, 0.25) is 0 Å². The van der Waals surface area contributed by atoms with Crippen LogP contribution in [0.15, 0.2) is 28.4 Å². The molecule has 0 aliphatic carbocycles. The zero-order valence-electron chi connectivity index (χ0n) is 15.0. The Morgan fingerprint density at radius 2 is 1.61 bits per heavy atom. The third kappa shape index (κ3) is 4.85. The van der Waals surface area contributed by atoms with E-state index in [4.69, 9.17) is 0 Å². The van der Waals surface area contributed by atoms with Gasteiger partial charge in [0.2, 0.25) is 0 Å². The van der Waals surface area contributed by atoms with E-state index in [1.54, 1.807) is 0 Å². The first-order chi connectivity index (χ1) is 11.1. The molecule has 128 valence electrons. The SMILES string of the molecule is CCCCCCCCCC(CC)[N+]1(O)N=c2ccc(C)cc2=N1. The zero-order valence-corrected chi connectivity index (χ0v) is 15.0. The maximum absolute atomic E-state index is 10.8. The molecule has 23 heavy (non-hydrogen) atoms. The van der Waals surface area contributed by atoms with Gasteiger partial charge in [-0.3, -0.25) is 0 Å². The Bertz CT molecular complexity index is 614. The van der Waals surface area contributed by atoms with E-state index in [1.807, 2.05) is 25.1 Å². The summed E-state index contributed by atoms with van der Waals surface area (Å²) in [5.74, 6) is 0. The van der Waals surface area contributed by atoms with Gasteiger partial charge in [-0.05, 0) is 41.2 Å². The summed E-state index contributed by atoms with van der Waals surface area (Å²) in [6, 6.07) is 6.02. The zero-order chi connectivity index (χ0) is 16.7. The number of hydrogen-bond donors (Lipinski definition) is 1. The van der Waals surface area contributed by atoms with Crippen molar-refractivity contribution in [3.05, 3.63) is 34.5 Å². The van der Waals surface area contributed by atoms with E-state index in [-0.39, 0.29) is 6.04 Å². The third-order valence-electron chi connectivity index (χ3n) is 4.74. The summed E-state index contributed by atoms with van der Waals surface area (Å²) in [6.45, 7) is 6.40. The normalized spacial score (nSPS) is 20.7. The number of unbranched alkanes of at least 4 members (excludes halogenated alkanes) is 6. The number of aryl methyl sites for hydroxylation is 1. The minimum Gasteiger partial charge on any atom is -0.159 e. The molecule has 1 aliphatic rings. The second kappa shape index (κ2) is 8.55. The van der Waals surface area contributed by atoms with Gasteiger partial charge in [-0.15, -0.1) is 0 Å². The largest absolute Gasteiger partial charge is 0.174 e. The number of nitrogens with zero attached hydrogens (tertiary/aromatic N) is 3. The van der Waals surface area contributed by atoms with Crippen LogP contribution in [0.3, 0.4) is 0 Å². The second-order valence-electron chi connectivity index (χ2n) is 6.78. The van der Waals surface area contributed by atoms with Gasteiger partial charge in [-0.2, -0.15) is 5.21 Å². The smallest absolute Gasteiger partial charge is 0.159 e. The van der Waals surface area contributed by atoms with Crippen molar-refractivity contribution in [3.63, 3.8) is 0 Å². The lowest BCUT2D eigenvalue weighted by Gasteiger charge is -2.23. The molecule has 0 aromatic heterocycles. The van der Waals surface area contributed by atoms with Crippen molar-refractivity contribution >= 4 is 0 Å². The number of hydroxylamine groups is 1. The van der Waals surface area contributed by atoms with E-state index in [2.05, 4.69) is 24.1 Å². The van der Waals surface area contributed by atoms with Crippen LogP contribution >= 0.6 is 0 Å². The monoisotopic (exact) mass is 318 g/mol. The van der Waals surface area contributed by atoms with E-state index in [1.165, 1.54) is 38.5 Å². The highest BCUT2D eigenvalue weighted by Gasteiger charge is 2.38. The Balaban J connectivity index is 1.88. The first kappa shape index (κ1) is 18.1. The average Bonchev–Trinajstić information content (AvgIpc) is 2.86. The van der Waals surface area contributed by atoms with Crippen molar-refractivity contribution in [2.24, 2.45) is 10.2 Å². The second-order valence-corrected chi connectivity index (χ2v) is 6.78. The molecule has 1 aliphatic heterocycles. The van der Waals surface area contributed by atoms with Gasteiger partial charge >= 0.3 is 0 Å². The van der Waals surface area contributed by atoms with Gasteiger partial charge in [0.15, 0.2) is 16.8 Å². The quantitative estimate of drug-likeness (QED) is 0.510. The third-order valence-corrected chi connectivity index (χ3v) is 4.74.